The molecule has 2 amide bonds. The standard InChI is InChI=1S/C16H20N4O2/c1-13-11-19(8-9-22-13)16(21)18-10-14-2-4-15(5-3-14)20-7-6-17-12-20/h2-7,12-13H,8-11H2,1H3,(H,18,21)/t13-/m0/s1. The van der Waals surface area contributed by atoms with Gasteiger partial charge in [0, 0.05) is 37.7 Å². The molecule has 116 valence electrons. The third-order valence-corrected chi connectivity index (χ3v) is 3.71. The van der Waals surface area contributed by atoms with Gasteiger partial charge in [0.15, 0.2) is 0 Å². The zero-order valence-electron chi connectivity index (χ0n) is 12.6. The Hall–Kier alpha value is -2.34. The van der Waals surface area contributed by atoms with Crippen molar-refractivity contribution in [2.45, 2.75) is 19.6 Å². The van der Waals surface area contributed by atoms with Crippen molar-refractivity contribution >= 4 is 6.03 Å². The van der Waals surface area contributed by atoms with Crippen molar-refractivity contribution in [1.82, 2.24) is 19.8 Å². The van der Waals surface area contributed by atoms with E-state index in [1.165, 1.54) is 0 Å². The van der Waals surface area contributed by atoms with Crippen LogP contribution in [0.25, 0.3) is 5.69 Å². The van der Waals surface area contributed by atoms with Crippen LogP contribution in [0.4, 0.5) is 4.79 Å². The highest BCUT2D eigenvalue weighted by molar-refractivity contribution is 5.74. The summed E-state index contributed by atoms with van der Waals surface area (Å²) in [5, 5.41) is 2.96. The highest BCUT2D eigenvalue weighted by Gasteiger charge is 2.20. The van der Waals surface area contributed by atoms with Crippen LogP contribution < -0.4 is 5.32 Å². The van der Waals surface area contributed by atoms with Gasteiger partial charge in [0.25, 0.3) is 0 Å². The van der Waals surface area contributed by atoms with Gasteiger partial charge in [-0.1, -0.05) is 12.1 Å². The molecule has 6 nitrogen and oxygen atoms in total. The second-order valence-electron chi connectivity index (χ2n) is 5.42. The first-order valence-corrected chi connectivity index (χ1v) is 7.44. The van der Waals surface area contributed by atoms with Gasteiger partial charge in [-0.2, -0.15) is 0 Å². The lowest BCUT2D eigenvalue weighted by Crippen LogP contribution is -2.48. The van der Waals surface area contributed by atoms with E-state index in [9.17, 15) is 4.79 Å². The van der Waals surface area contributed by atoms with Crippen molar-refractivity contribution < 1.29 is 9.53 Å². The molecule has 1 aromatic heterocycles. The molecule has 1 aromatic carbocycles. The van der Waals surface area contributed by atoms with E-state index in [0.717, 1.165) is 11.3 Å². The molecule has 0 spiro atoms. The molecule has 1 atom stereocenters. The molecule has 0 aliphatic carbocycles. The smallest absolute Gasteiger partial charge is 0.317 e. The van der Waals surface area contributed by atoms with Crippen LogP contribution in [0.15, 0.2) is 43.0 Å². The lowest BCUT2D eigenvalue weighted by atomic mass is 10.2. The van der Waals surface area contributed by atoms with Crippen molar-refractivity contribution in [2.24, 2.45) is 0 Å². The Morgan fingerprint density at radius 2 is 2.23 bits per heavy atom. The van der Waals surface area contributed by atoms with Crippen LogP contribution in [-0.4, -0.2) is 46.3 Å². The second kappa shape index (κ2) is 6.62. The van der Waals surface area contributed by atoms with Crippen LogP contribution in [0.1, 0.15) is 12.5 Å². The molecule has 1 fully saturated rings. The van der Waals surface area contributed by atoms with Gasteiger partial charge in [-0.15, -0.1) is 0 Å². The predicted octanol–water partition coefficient (Wildman–Crippen LogP) is 1.80. The zero-order valence-corrected chi connectivity index (χ0v) is 12.6. The Bertz CT molecular complexity index is 610. The van der Waals surface area contributed by atoms with Gasteiger partial charge in [0.2, 0.25) is 0 Å². The average Bonchev–Trinajstić information content (AvgIpc) is 3.07. The fourth-order valence-corrected chi connectivity index (χ4v) is 2.49. The summed E-state index contributed by atoms with van der Waals surface area (Å²) in [4.78, 5) is 17.9. The molecule has 0 unspecified atom stereocenters. The number of hydrogen-bond acceptors (Lipinski definition) is 3. The molecule has 3 rings (SSSR count). The summed E-state index contributed by atoms with van der Waals surface area (Å²) in [6.45, 7) is 4.40. The van der Waals surface area contributed by atoms with Crippen molar-refractivity contribution in [3.05, 3.63) is 48.5 Å². The Morgan fingerprint density at radius 3 is 2.91 bits per heavy atom. The topological polar surface area (TPSA) is 59.4 Å². The Labute approximate surface area is 129 Å². The van der Waals surface area contributed by atoms with E-state index >= 15 is 0 Å². The predicted molar refractivity (Wildman–Crippen MR) is 82.8 cm³/mol. The van der Waals surface area contributed by atoms with Crippen molar-refractivity contribution in [2.75, 3.05) is 19.7 Å². The molecule has 2 heterocycles. The van der Waals surface area contributed by atoms with Crippen LogP contribution >= 0.6 is 0 Å². The van der Waals surface area contributed by atoms with E-state index in [0.29, 0.717) is 26.2 Å². The lowest BCUT2D eigenvalue weighted by molar-refractivity contribution is -0.00351. The Morgan fingerprint density at radius 1 is 1.41 bits per heavy atom. The van der Waals surface area contributed by atoms with Gasteiger partial charge < -0.3 is 19.5 Å². The summed E-state index contributed by atoms with van der Waals surface area (Å²) in [6.07, 6.45) is 5.51. The number of nitrogens with zero attached hydrogens (tertiary/aromatic N) is 3. The fourth-order valence-electron chi connectivity index (χ4n) is 2.49. The van der Waals surface area contributed by atoms with E-state index in [4.69, 9.17) is 4.74 Å². The molecule has 1 saturated heterocycles. The highest BCUT2D eigenvalue weighted by atomic mass is 16.5. The molecule has 0 radical (unpaired) electrons. The second-order valence-corrected chi connectivity index (χ2v) is 5.42. The first-order chi connectivity index (χ1) is 10.7. The van der Waals surface area contributed by atoms with Crippen molar-refractivity contribution in [1.29, 1.82) is 0 Å². The summed E-state index contributed by atoms with van der Waals surface area (Å²) >= 11 is 0. The van der Waals surface area contributed by atoms with Crippen LogP contribution in [0.3, 0.4) is 0 Å². The van der Waals surface area contributed by atoms with E-state index < -0.39 is 0 Å². The summed E-state index contributed by atoms with van der Waals surface area (Å²) in [6, 6.07) is 8.02. The number of carbonyl (C=O) groups excluding carboxylic acids is 1. The number of amides is 2. The largest absolute Gasteiger partial charge is 0.375 e. The van der Waals surface area contributed by atoms with Gasteiger partial charge in [0.1, 0.15) is 0 Å². The number of imidazole rings is 1. The van der Waals surface area contributed by atoms with Crippen molar-refractivity contribution in [3.63, 3.8) is 0 Å². The first kappa shape index (κ1) is 14.6. The normalized spacial score (nSPS) is 18.2. The number of ether oxygens (including phenoxy) is 1. The Balaban J connectivity index is 1.54. The Kier molecular flexibility index (Phi) is 4.39. The number of nitrogens with one attached hydrogen (secondary N) is 1. The quantitative estimate of drug-likeness (QED) is 0.940. The number of hydrogen-bond donors (Lipinski definition) is 1. The SMILES string of the molecule is C[C@H]1CN(C(=O)NCc2ccc(-n3ccnc3)cc2)CCO1. The minimum absolute atomic E-state index is 0.0335. The highest BCUT2D eigenvalue weighted by Crippen LogP contribution is 2.10. The summed E-state index contributed by atoms with van der Waals surface area (Å²) in [5.41, 5.74) is 2.12. The molecule has 1 N–H and O–H groups in total. The van der Waals surface area contributed by atoms with E-state index in [1.54, 1.807) is 17.4 Å². The van der Waals surface area contributed by atoms with Gasteiger partial charge in [-0.25, -0.2) is 9.78 Å². The van der Waals surface area contributed by atoms with Crippen LogP contribution in [0.5, 0.6) is 0 Å². The molecule has 0 bridgehead atoms. The summed E-state index contributed by atoms with van der Waals surface area (Å²) in [5.74, 6) is 0. The molecular formula is C16H20N4O2. The maximum absolute atomic E-state index is 12.1. The van der Waals surface area contributed by atoms with Gasteiger partial charge >= 0.3 is 6.03 Å². The average molecular weight is 300 g/mol. The fraction of sp³-hybridized carbons (Fsp3) is 0.375. The van der Waals surface area contributed by atoms with E-state index in [-0.39, 0.29) is 12.1 Å². The molecular weight excluding hydrogens is 280 g/mol. The zero-order chi connectivity index (χ0) is 15.4. The molecule has 0 saturated carbocycles. The minimum Gasteiger partial charge on any atom is -0.375 e. The number of carbonyl (C=O) groups is 1. The number of morpholine rings is 1. The maximum atomic E-state index is 12.1. The van der Waals surface area contributed by atoms with Crippen molar-refractivity contribution in [3.8, 4) is 5.69 Å². The number of rotatable bonds is 3. The lowest BCUT2D eigenvalue weighted by Gasteiger charge is -2.31. The molecule has 2 aromatic rings. The minimum atomic E-state index is -0.0335. The monoisotopic (exact) mass is 300 g/mol. The molecule has 22 heavy (non-hydrogen) atoms. The van der Waals surface area contributed by atoms with Crippen LogP contribution in [0.2, 0.25) is 0 Å². The summed E-state index contributed by atoms with van der Waals surface area (Å²) in [7, 11) is 0. The number of urea groups is 1. The third-order valence-electron chi connectivity index (χ3n) is 3.71. The number of benzene rings is 1. The maximum Gasteiger partial charge on any atom is 0.317 e. The first-order valence-electron chi connectivity index (χ1n) is 7.44. The van der Waals surface area contributed by atoms with Crippen LogP contribution in [0, 0.1) is 0 Å². The van der Waals surface area contributed by atoms with Gasteiger partial charge in [0.05, 0.1) is 19.0 Å². The van der Waals surface area contributed by atoms with Gasteiger partial charge in [-0.05, 0) is 24.6 Å². The van der Waals surface area contributed by atoms with E-state index in [2.05, 4.69) is 10.3 Å². The summed E-state index contributed by atoms with van der Waals surface area (Å²) < 4.78 is 7.38. The molecule has 1 aliphatic rings. The molecule has 1 aliphatic heterocycles. The number of aromatic nitrogens is 2. The van der Waals surface area contributed by atoms with E-state index in [1.807, 2.05) is 42.0 Å². The molecule has 6 heteroatoms. The van der Waals surface area contributed by atoms with Crippen LogP contribution in [-0.2, 0) is 11.3 Å². The third kappa shape index (κ3) is 3.46. The van der Waals surface area contributed by atoms with Gasteiger partial charge in [-0.3, -0.25) is 0 Å².